The van der Waals surface area contributed by atoms with Crippen LogP contribution in [0.15, 0.2) is 24.3 Å². The Labute approximate surface area is 136 Å². The quantitative estimate of drug-likeness (QED) is 0.705. The van der Waals surface area contributed by atoms with Crippen LogP contribution in [0.2, 0.25) is 0 Å². The van der Waals surface area contributed by atoms with Crippen LogP contribution in [-0.4, -0.2) is 68.2 Å². The van der Waals surface area contributed by atoms with E-state index in [1.807, 2.05) is 48.2 Å². The fourth-order valence-corrected chi connectivity index (χ4v) is 2.60. The van der Waals surface area contributed by atoms with Crippen LogP contribution in [0.3, 0.4) is 0 Å². The number of hydrogen-bond donors (Lipinski definition) is 3. The molecule has 3 N–H and O–H groups in total. The topological polar surface area (TPSA) is 84.9 Å². The summed E-state index contributed by atoms with van der Waals surface area (Å²) in [7, 11) is 3.89. The molecule has 1 heterocycles. The lowest BCUT2D eigenvalue weighted by molar-refractivity contribution is -0.145. The Morgan fingerprint density at radius 1 is 1.26 bits per heavy atom. The summed E-state index contributed by atoms with van der Waals surface area (Å²) in [5.41, 5.74) is 1.71. The van der Waals surface area contributed by atoms with Gasteiger partial charge in [0.1, 0.15) is 6.04 Å². The summed E-state index contributed by atoms with van der Waals surface area (Å²) in [5, 5.41) is 15.3. The third kappa shape index (κ3) is 4.94. The summed E-state index contributed by atoms with van der Waals surface area (Å²) < 4.78 is 0. The molecular weight excluding hydrogens is 296 g/mol. The molecule has 7 nitrogen and oxygen atoms in total. The van der Waals surface area contributed by atoms with Gasteiger partial charge in [0.15, 0.2) is 0 Å². The van der Waals surface area contributed by atoms with Gasteiger partial charge in [0.05, 0.1) is 6.42 Å². The van der Waals surface area contributed by atoms with Gasteiger partial charge in [0.25, 0.3) is 0 Å². The van der Waals surface area contributed by atoms with Crippen molar-refractivity contribution in [2.24, 2.45) is 0 Å². The van der Waals surface area contributed by atoms with Gasteiger partial charge in [-0.05, 0) is 24.3 Å². The predicted octanol–water partition coefficient (Wildman–Crippen LogP) is 0.440. The van der Waals surface area contributed by atoms with Crippen molar-refractivity contribution in [3.8, 4) is 0 Å². The van der Waals surface area contributed by atoms with E-state index in [9.17, 15) is 14.7 Å². The number of rotatable bonds is 6. The minimum atomic E-state index is -0.954. The van der Waals surface area contributed by atoms with Gasteiger partial charge in [-0.1, -0.05) is 0 Å². The van der Waals surface area contributed by atoms with E-state index < -0.39 is 12.0 Å². The van der Waals surface area contributed by atoms with Crippen molar-refractivity contribution in [1.29, 1.82) is 0 Å². The fourth-order valence-electron chi connectivity index (χ4n) is 2.60. The molecule has 1 amide bonds. The molecule has 1 aliphatic heterocycles. The zero-order valence-electron chi connectivity index (χ0n) is 13.6. The van der Waals surface area contributed by atoms with Crippen molar-refractivity contribution in [2.45, 2.75) is 12.5 Å². The maximum atomic E-state index is 12.2. The van der Waals surface area contributed by atoms with Gasteiger partial charge in [0.2, 0.25) is 5.91 Å². The molecule has 0 spiro atoms. The number of aliphatic carboxylic acids is 1. The maximum Gasteiger partial charge on any atom is 0.321 e. The first-order chi connectivity index (χ1) is 11.0. The second kappa shape index (κ2) is 7.94. The number of carbonyl (C=O) groups is 2. The number of hydrogen-bond acceptors (Lipinski definition) is 5. The smallest absolute Gasteiger partial charge is 0.321 e. The lowest BCUT2D eigenvalue weighted by atomic mass is 10.1. The summed E-state index contributed by atoms with van der Waals surface area (Å²) in [6.07, 6.45) is -0.0508. The highest BCUT2D eigenvalue weighted by Gasteiger charge is 2.29. The normalized spacial score (nSPS) is 16.6. The van der Waals surface area contributed by atoms with Crippen LogP contribution in [-0.2, 0) is 9.59 Å². The van der Waals surface area contributed by atoms with Crippen molar-refractivity contribution in [3.63, 3.8) is 0 Å². The highest BCUT2D eigenvalue weighted by atomic mass is 16.4. The zero-order chi connectivity index (χ0) is 16.8. The van der Waals surface area contributed by atoms with E-state index in [1.165, 1.54) is 0 Å². The molecule has 0 bridgehead atoms. The third-order valence-corrected chi connectivity index (χ3v) is 3.92. The number of nitrogens with zero attached hydrogens (tertiary/aromatic N) is 2. The summed E-state index contributed by atoms with van der Waals surface area (Å²) in [5.74, 6) is -1.24. The highest BCUT2D eigenvalue weighted by Crippen LogP contribution is 2.16. The zero-order valence-corrected chi connectivity index (χ0v) is 13.6. The summed E-state index contributed by atoms with van der Waals surface area (Å²) in [6.45, 7) is 2.78. The molecule has 0 unspecified atom stereocenters. The molecule has 1 fully saturated rings. The Balaban J connectivity index is 1.94. The molecule has 1 saturated heterocycles. The number of benzene rings is 1. The minimum absolute atomic E-state index is 0.0508. The van der Waals surface area contributed by atoms with Gasteiger partial charge < -0.3 is 20.6 Å². The predicted molar refractivity (Wildman–Crippen MR) is 89.9 cm³/mol. The lowest BCUT2D eigenvalue weighted by Gasteiger charge is -2.32. The summed E-state index contributed by atoms with van der Waals surface area (Å²) in [4.78, 5) is 27.4. The Morgan fingerprint density at radius 3 is 2.39 bits per heavy atom. The van der Waals surface area contributed by atoms with Gasteiger partial charge >= 0.3 is 5.97 Å². The molecule has 1 aliphatic rings. The standard InChI is InChI=1S/C16H24N4O3/c1-19(2)13-5-3-12(4-6-13)18-15(21)11-14(16(22)23)20-9-7-17-8-10-20/h3-6,14,17H,7-11H2,1-2H3,(H,18,21)(H,22,23)/t14-/m1/s1. The lowest BCUT2D eigenvalue weighted by Crippen LogP contribution is -2.52. The third-order valence-electron chi connectivity index (χ3n) is 3.92. The number of carbonyl (C=O) groups excluding carboxylic acids is 1. The molecule has 0 aliphatic carbocycles. The van der Waals surface area contributed by atoms with Crippen LogP contribution < -0.4 is 15.5 Å². The van der Waals surface area contributed by atoms with Crippen molar-refractivity contribution >= 4 is 23.3 Å². The number of carboxylic acids is 1. The molecule has 0 radical (unpaired) electrons. The Kier molecular flexibility index (Phi) is 5.95. The highest BCUT2D eigenvalue weighted by molar-refractivity contribution is 5.94. The molecule has 23 heavy (non-hydrogen) atoms. The Hall–Kier alpha value is -2.12. The van der Waals surface area contributed by atoms with Gasteiger partial charge in [-0.25, -0.2) is 0 Å². The molecule has 126 valence electrons. The number of amides is 1. The van der Waals surface area contributed by atoms with E-state index in [0.717, 1.165) is 18.8 Å². The van der Waals surface area contributed by atoms with Crippen molar-refractivity contribution < 1.29 is 14.7 Å². The monoisotopic (exact) mass is 320 g/mol. The van der Waals surface area contributed by atoms with Crippen LogP contribution in [0.4, 0.5) is 11.4 Å². The van der Waals surface area contributed by atoms with Crippen LogP contribution in [0.5, 0.6) is 0 Å². The first-order valence-corrected chi connectivity index (χ1v) is 7.72. The molecule has 1 aromatic rings. The van der Waals surface area contributed by atoms with Crippen LogP contribution in [0.1, 0.15) is 6.42 Å². The average molecular weight is 320 g/mol. The summed E-state index contributed by atoms with van der Waals surface area (Å²) in [6, 6.07) is 6.65. The van der Waals surface area contributed by atoms with E-state index >= 15 is 0 Å². The van der Waals surface area contributed by atoms with Crippen LogP contribution in [0, 0.1) is 0 Å². The van der Waals surface area contributed by atoms with Crippen molar-refractivity contribution in [2.75, 3.05) is 50.5 Å². The molecule has 7 heteroatoms. The molecule has 2 rings (SSSR count). The van der Waals surface area contributed by atoms with Gasteiger partial charge in [0, 0.05) is 51.6 Å². The Bertz CT molecular complexity index is 539. The maximum absolute atomic E-state index is 12.2. The molecule has 1 atom stereocenters. The van der Waals surface area contributed by atoms with E-state index in [-0.39, 0.29) is 12.3 Å². The van der Waals surface area contributed by atoms with E-state index in [4.69, 9.17) is 0 Å². The molecule has 0 saturated carbocycles. The molecule has 0 aromatic heterocycles. The number of anilines is 2. The van der Waals surface area contributed by atoms with Crippen LogP contribution in [0.25, 0.3) is 0 Å². The van der Waals surface area contributed by atoms with Crippen LogP contribution >= 0.6 is 0 Å². The van der Waals surface area contributed by atoms with Crippen molar-refractivity contribution in [3.05, 3.63) is 24.3 Å². The Morgan fingerprint density at radius 2 is 1.87 bits per heavy atom. The second-order valence-electron chi connectivity index (χ2n) is 5.83. The molecule has 1 aromatic carbocycles. The van der Waals surface area contributed by atoms with E-state index in [0.29, 0.717) is 18.8 Å². The fraction of sp³-hybridized carbons (Fsp3) is 0.500. The van der Waals surface area contributed by atoms with E-state index in [2.05, 4.69) is 10.6 Å². The minimum Gasteiger partial charge on any atom is -0.480 e. The first-order valence-electron chi connectivity index (χ1n) is 7.72. The SMILES string of the molecule is CN(C)c1ccc(NC(=O)C[C@H](C(=O)O)N2CCNCC2)cc1. The largest absolute Gasteiger partial charge is 0.480 e. The van der Waals surface area contributed by atoms with Gasteiger partial charge in [-0.15, -0.1) is 0 Å². The van der Waals surface area contributed by atoms with E-state index in [1.54, 1.807) is 0 Å². The second-order valence-corrected chi connectivity index (χ2v) is 5.83. The average Bonchev–Trinajstić information content (AvgIpc) is 2.53. The van der Waals surface area contributed by atoms with Gasteiger partial charge in [-0.3, -0.25) is 14.5 Å². The molecular formula is C16H24N4O3. The number of nitrogens with one attached hydrogen (secondary N) is 2. The number of piperazine rings is 1. The first kappa shape index (κ1) is 17.2. The summed E-state index contributed by atoms with van der Waals surface area (Å²) >= 11 is 0. The van der Waals surface area contributed by atoms with Gasteiger partial charge in [-0.2, -0.15) is 0 Å². The van der Waals surface area contributed by atoms with Crippen molar-refractivity contribution in [1.82, 2.24) is 10.2 Å². The number of carboxylic acid groups (broad SMARTS) is 1.